The van der Waals surface area contributed by atoms with Crippen LogP contribution in [0, 0.1) is 11.3 Å². The second-order valence-electron chi connectivity index (χ2n) is 6.23. The zero-order chi connectivity index (χ0) is 20.2. The number of nitrogens with zero attached hydrogens (tertiary/aromatic N) is 4. The summed E-state index contributed by atoms with van der Waals surface area (Å²) in [5.74, 6) is 0.577. The second-order valence-corrected chi connectivity index (χ2v) is 6.23. The zero-order valence-corrected chi connectivity index (χ0v) is 15.6. The summed E-state index contributed by atoms with van der Waals surface area (Å²) in [6.45, 7) is 0. The maximum Gasteiger partial charge on any atom is 0.279 e. The molecule has 6 nitrogen and oxygen atoms in total. The van der Waals surface area contributed by atoms with Crippen molar-refractivity contribution in [2.24, 2.45) is 0 Å². The van der Waals surface area contributed by atoms with E-state index in [2.05, 4.69) is 16.2 Å². The summed E-state index contributed by atoms with van der Waals surface area (Å²) < 4.78 is 6.72. The molecule has 0 aliphatic rings. The lowest BCUT2D eigenvalue weighted by atomic mass is 10.0. The summed E-state index contributed by atoms with van der Waals surface area (Å²) in [4.78, 5) is 17.6. The van der Waals surface area contributed by atoms with Gasteiger partial charge in [-0.1, -0.05) is 30.3 Å². The molecule has 2 aromatic heterocycles. The molecule has 2 heterocycles. The van der Waals surface area contributed by atoms with Gasteiger partial charge in [-0.25, -0.2) is 0 Å². The summed E-state index contributed by atoms with van der Waals surface area (Å²) in [7, 11) is 1.56. The minimum absolute atomic E-state index is 0.343. The zero-order valence-electron chi connectivity index (χ0n) is 15.6. The van der Waals surface area contributed by atoms with Crippen LogP contribution < -0.4 is 10.3 Å². The SMILES string of the molecule is COc1ccccc1-c1cc(-c2cccnc2)nn(-c2ccccc2C#N)c1=O. The highest BCUT2D eigenvalue weighted by Crippen LogP contribution is 2.29. The molecule has 0 saturated carbocycles. The molecule has 2 aromatic carbocycles. The van der Waals surface area contributed by atoms with E-state index in [0.29, 0.717) is 33.8 Å². The number of methoxy groups -OCH3 is 1. The minimum atomic E-state index is -0.343. The van der Waals surface area contributed by atoms with Crippen LogP contribution in [0.1, 0.15) is 5.56 Å². The molecule has 0 N–H and O–H groups in total. The molecule has 4 aromatic rings. The maximum absolute atomic E-state index is 13.4. The van der Waals surface area contributed by atoms with Crippen LogP contribution >= 0.6 is 0 Å². The largest absolute Gasteiger partial charge is 0.496 e. The molecule has 0 aliphatic carbocycles. The van der Waals surface area contributed by atoms with Crippen molar-refractivity contribution in [2.75, 3.05) is 7.11 Å². The van der Waals surface area contributed by atoms with E-state index in [-0.39, 0.29) is 5.56 Å². The highest BCUT2D eigenvalue weighted by atomic mass is 16.5. The molecule has 140 valence electrons. The van der Waals surface area contributed by atoms with Crippen molar-refractivity contribution in [3.05, 3.63) is 95.0 Å². The summed E-state index contributed by atoms with van der Waals surface area (Å²) >= 11 is 0. The number of ether oxygens (including phenoxy) is 1. The molecule has 0 unspecified atom stereocenters. The van der Waals surface area contributed by atoms with E-state index in [4.69, 9.17) is 4.74 Å². The molecular weight excluding hydrogens is 364 g/mol. The van der Waals surface area contributed by atoms with Gasteiger partial charge < -0.3 is 4.74 Å². The molecule has 0 saturated heterocycles. The molecule has 0 bridgehead atoms. The summed E-state index contributed by atoms with van der Waals surface area (Å²) in [5, 5.41) is 14.0. The van der Waals surface area contributed by atoms with Gasteiger partial charge in [0.1, 0.15) is 11.8 Å². The topological polar surface area (TPSA) is 80.8 Å². The van der Waals surface area contributed by atoms with Crippen LogP contribution in [-0.2, 0) is 0 Å². The Balaban J connectivity index is 2.07. The van der Waals surface area contributed by atoms with Gasteiger partial charge in [-0.3, -0.25) is 9.78 Å². The first-order valence-electron chi connectivity index (χ1n) is 8.90. The van der Waals surface area contributed by atoms with Crippen LogP contribution in [0.2, 0.25) is 0 Å². The van der Waals surface area contributed by atoms with Gasteiger partial charge in [-0.2, -0.15) is 15.0 Å². The number of pyridine rings is 1. The normalized spacial score (nSPS) is 10.3. The first kappa shape index (κ1) is 18.1. The number of benzene rings is 2. The van der Waals surface area contributed by atoms with Crippen molar-refractivity contribution in [3.63, 3.8) is 0 Å². The van der Waals surface area contributed by atoms with Gasteiger partial charge in [0.25, 0.3) is 5.56 Å². The van der Waals surface area contributed by atoms with Crippen molar-refractivity contribution in [1.29, 1.82) is 5.26 Å². The molecule has 0 spiro atoms. The number of para-hydroxylation sites is 2. The van der Waals surface area contributed by atoms with E-state index in [1.165, 1.54) is 4.68 Å². The summed E-state index contributed by atoms with van der Waals surface area (Å²) in [5.41, 5.74) is 2.82. The first-order valence-corrected chi connectivity index (χ1v) is 8.90. The maximum atomic E-state index is 13.4. The molecular formula is C23H16N4O2. The van der Waals surface area contributed by atoms with Gasteiger partial charge in [-0.05, 0) is 36.4 Å². The minimum Gasteiger partial charge on any atom is -0.496 e. The fourth-order valence-corrected chi connectivity index (χ4v) is 3.13. The van der Waals surface area contributed by atoms with Gasteiger partial charge in [0.2, 0.25) is 0 Å². The summed E-state index contributed by atoms with van der Waals surface area (Å²) in [6.07, 6.45) is 3.35. The van der Waals surface area contributed by atoms with E-state index >= 15 is 0 Å². The number of rotatable bonds is 4. The van der Waals surface area contributed by atoms with Crippen LogP contribution in [0.15, 0.2) is 83.9 Å². The Labute approximate surface area is 167 Å². The fourth-order valence-electron chi connectivity index (χ4n) is 3.13. The van der Waals surface area contributed by atoms with E-state index in [0.717, 1.165) is 5.56 Å². The molecule has 6 heteroatoms. The first-order chi connectivity index (χ1) is 14.2. The Morgan fingerprint density at radius 1 is 1.00 bits per heavy atom. The highest BCUT2D eigenvalue weighted by Gasteiger charge is 2.17. The Hall–Kier alpha value is -4.24. The Morgan fingerprint density at radius 3 is 2.55 bits per heavy atom. The van der Waals surface area contributed by atoms with Crippen LogP contribution in [-0.4, -0.2) is 21.9 Å². The molecule has 0 radical (unpaired) electrons. The molecule has 4 rings (SSSR count). The van der Waals surface area contributed by atoms with Crippen molar-refractivity contribution in [1.82, 2.24) is 14.8 Å². The lowest BCUT2D eigenvalue weighted by molar-refractivity contribution is 0.416. The standard InChI is InChI=1S/C23H16N4O2/c1-29-22-11-5-3-9-18(22)19-13-20(17-8-6-12-25-15-17)26-27(23(19)28)21-10-4-2-7-16(21)14-24/h2-13,15H,1H3. The average Bonchev–Trinajstić information content (AvgIpc) is 2.80. The smallest absolute Gasteiger partial charge is 0.279 e. The quantitative estimate of drug-likeness (QED) is 0.537. The predicted molar refractivity (Wildman–Crippen MR) is 110 cm³/mol. The Kier molecular flexibility index (Phi) is 4.87. The van der Waals surface area contributed by atoms with Crippen molar-refractivity contribution in [2.45, 2.75) is 0 Å². The van der Waals surface area contributed by atoms with E-state index in [9.17, 15) is 10.1 Å². The third-order valence-electron chi connectivity index (χ3n) is 4.52. The molecule has 0 amide bonds. The average molecular weight is 380 g/mol. The molecule has 0 fully saturated rings. The fraction of sp³-hybridized carbons (Fsp3) is 0.0435. The molecule has 0 aliphatic heterocycles. The number of hydrogen-bond donors (Lipinski definition) is 0. The van der Waals surface area contributed by atoms with Crippen LogP contribution in [0.25, 0.3) is 28.1 Å². The number of nitriles is 1. The molecule has 0 atom stereocenters. The van der Waals surface area contributed by atoms with Crippen molar-refractivity contribution >= 4 is 0 Å². The van der Waals surface area contributed by atoms with E-state index in [1.807, 2.05) is 24.3 Å². The second kappa shape index (κ2) is 7.79. The highest BCUT2D eigenvalue weighted by molar-refractivity contribution is 5.74. The lowest BCUT2D eigenvalue weighted by Crippen LogP contribution is -2.24. The molecule has 29 heavy (non-hydrogen) atoms. The van der Waals surface area contributed by atoms with Gasteiger partial charge in [0, 0.05) is 23.5 Å². The Bertz CT molecular complexity index is 1270. The van der Waals surface area contributed by atoms with Crippen LogP contribution in [0.4, 0.5) is 0 Å². The van der Waals surface area contributed by atoms with Gasteiger partial charge in [-0.15, -0.1) is 0 Å². The number of aromatic nitrogens is 3. The van der Waals surface area contributed by atoms with Crippen molar-refractivity contribution in [3.8, 4) is 39.9 Å². The van der Waals surface area contributed by atoms with E-state index < -0.39 is 0 Å². The van der Waals surface area contributed by atoms with Gasteiger partial charge in [0.15, 0.2) is 0 Å². The lowest BCUT2D eigenvalue weighted by Gasteiger charge is -2.13. The van der Waals surface area contributed by atoms with Crippen molar-refractivity contribution < 1.29 is 4.74 Å². The van der Waals surface area contributed by atoms with Crippen LogP contribution in [0.3, 0.4) is 0 Å². The van der Waals surface area contributed by atoms with Crippen LogP contribution in [0.5, 0.6) is 5.75 Å². The monoisotopic (exact) mass is 380 g/mol. The Morgan fingerprint density at radius 2 is 1.79 bits per heavy atom. The third-order valence-corrected chi connectivity index (χ3v) is 4.52. The number of hydrogen-bond acceptors (Lipinski definition) is 5. The van der Waals surface area contributed by atoms with Gasteiger partial charge >= 0.3 is 0 Å². The van der Waals surface area contributed by atoms with E-state index in [1.54, 1.807) is 62.0 Å². The predicted octanol–water partition coefficient (Wildman–Crippen LogP) is 3.84. The van der Waals surface area contributed by atoms with Gasteiger partial charge in [0.05, 0.1) is 29.6 Å². The third kappa shape index (κ3) is 3.37. The summed E-state index contributed by atoms with van der Waals surface area (Å²) in [6, 6.07) is 21.7.